The van der Waals surface area contributed by atoms with E-state index in [0.29, 0.717) is 23.5 Å². The summed E-state index contributed by atoms with van der Waals surface area (Å²) in [4.78, 5) is 20.6. The normalized spacial score (nSPS) is 17.2. The van der Waals surface area contributed by atoms with Crippen molar-refractivity contribution in [3.8, 4) is 11.4 Å². The Morgan fingerprint density at radius 2 is 1.89 bits per heavy atom. The first-order valence-corrected chi connectivity index (χ1v) is 9.51. The van der Waals surface area contributed by atoms with E-state index in [1.807, 2.05) is 35.2 Å². The summed E-state index contributed by atoms with van der Waals surface area (Å²) in [6.07, 6.45) is 3.53. The highest BCUT2D eigenvalue weighted by Crippen LogP contribution is 2.34. The molecule has 5 rings (SSSR count). The molecule has 0 unspecified atom stereocenters. The largest absolute Gasteiger partial charge is 0.369 e. The zero-order chi connectivity index (χ0) is 19.1. The second-order valence-corrected chi connectivity index (χ2v) is 7.29. The van der Waals surface area contributed by atoms with E-state index in [4.69, 9.17) is 0 Å². The number of piperidine rings is 1. The van der Waals surface area contributed by atoms with Crippen LogP contribution in [0, 0.1) is 5.82 Å². The quantitative estimate of drug-likeness (QED) is 0.761. The van der Waals surface area contributed by atoms with Gasteiger partial charge in [0.05, 0.1) is 12.1 Å². The van der Waals surface area contributed by atoms with Crippen LogP contribution in [0.5, 0.6) is 0 Å². The zero-order valence-corrected chi connectivity index (χ0v) is 15.3. The van der Waals surface area contributed by atoms with Gasteiger partial charge in [-0.2, -0.15) is 5.10 Å². The fraction of sp³-hybridized carbons (Fsp3) is 0.286. The monoisotopic (exact) mass is 377 g/mol. The third kappa shape index (κ3) is 2.83. The van der Waals surface area contributed by atoms with Crippen molar-refractivity contribution >= 4 is 17.3 Å². The molecular formula is C21H20FN5O. The molecule has 2 aliphatic heterocycles. The third-order valence-corrected chi connectivity index (χ3v) is 5.67. The number of H-pyrrole nitrogens is 1. The number of hydrogen-bond donors (Lipinski definition) is 1. The molecule has 0 saturated carbocycles. The maximum atomic E-state index is 14.7. The van der Waals surface area contributed by atoms with Crippen LogP contribution >= 0.6 is 0 Å². The van der Waals surface area contributed by atoms with E-state index in [1.54, 1.807) is 6.07 Å². The Bertz CT molecular complexity index is 1010. The van der Waals surface area contributed by atoms with Crippen molar-refractivity contribution in [2.24, 2.45) is 0 Å². The van der Waals surface area contributed by atoms with Gasteiger partial charge in [0, 0.05) is 30.4 Å². The second-order valence-electron chi connectivity index (χ2n) is 7.29. The molecule has 3 heterocycles. The molecule has 3 aromatic rings. The molecule has 1 amide bonds. The molecule has 28 heavy (non-hydrogen) atoms. The summed E-state index contributed by atoms with van der Waals surface area (Å²) in [5.41, 5.74) is 3.40. The van der Waals surface area contributed by atoms with Crippen molar-refractivity contribution in [3.05, 3.63) is 60.2 Å². The summed E-state index contributed by atoms with van der Waals surface area (Å²) in [5, 5.41) is 6.56. The van der Waals surface area contributed by atoms with Gasteiger partial charge in [0.1, 0.15) is 12.1 Å². The van der Waals surface area contributed by atoms with E-state index < -0.39 is 0 Å². The van der Waals surface area contributed by atoms with Gasteiger partial charge in [-0.1, -0.05) is 18.2 Å². The molecule has 0 atom stereocenters. The van der Waals surface area contributed by atoms with Gasteiger partial charge in [-0.3, -0.25) is 9.89 Å². The molecule has 2 aromatic carbocycles. The van der Waals surface area contributed by atoms with Crippen LogP contribution in [0.4, 0.5) is 15.8 Å². The van der Waals surface area contributed by atoms with E-state index in [-0.39, 0.29) is 17.8 Å². The number of halogens is 1. The van der Waals surface area contributed by atoms with Crippen molar-refractivity contribution in [1.82, 2.24) is 15.2 Å². The van der Waals surface area contributed by atoms with Gasteiger partial charge in [-0.25, -0.2) is 9.37 Å². The van der Waals surface area contributed by atoms with Crippen LogP contribution in [0.15, 0.2) is 48.8 Å². The first-order chi connectivity index (χ1) is 13.7. The van der Waals surface area contributed by atoms with Crippen LogP contribution in [-0.2, 0) is 11.2 Å². The highest BCUT2D eigenvalue weighted by atomic mass is 19.1. The Morgan fingerprint density at radius 3 is 2.64 bits per heavy atom. The molecule has 6 nitrogen and oxygen atoms in total. The fourth-order valence-corrected chi connectivity index (χ4v) is 4.30. The predicted octanol–water partition coefficient (Wildman–Crippen LogP) is 3.17. The number of amides is 1. The number of para-hydroxylation sites is 1. The van der Waals surface area contributed by atoms with Crippen molar-refractivity contribution in [2.45, 2.75) is 25.3 Å². The average Bonchev–Trinajstić information content (AvgIpc) is 3.35. The molecule has 1 fully saturated rings. The Morgan fingerprint density at radius 1 is 1.07 bits per heavy atom. The molecule has 1 saturated heterocycles. The SMILES string of the molecule is O=C1Cc2ccccc2N1C1CCN(c2ccc(-c3ncn[nH]3)cc2F)CC1. The number of rotatable bonds is 3. The van der Waals surface area contributed by atoms with E-state index in [9.17, 15) is 9.18 Å². The molecule has 1 N–H and O–H groups in total. The van der Waals surface area contributed by atoms with Crippen molar-refractivity contribution in [2.75, 3.05) is 22.9 Å². The van der Waals surface area contributed by atoms with Crippen LogP contribution in [0.25, 0.3) is 11.4 Å². The Balaban J connectivity index is 1.31. The second kappa shape index (κ2) is 6.74. The molecule has 1 aromatic heterocycles. The first-order valence-electron chi connectivity index (χ1n) is 9.51. The summed E-state index contributed by atoms with van der Waals surface area (Å²) in [7, 11) is 0. The lowest BCUT2D eigenvalue weighted by Gasteiger charge is -2.38. The zero-order valence-electron chi connectivity index (χ0n) is 15.3. The molecule has 7 heteroatoms. The molecular weight excluding hydrogens is 357 g/mol. The van der Waals surface area contributed by atoms with Crippen LogP contribution in [0.2, 0.25) is 0 Å². The maximum Gasteiger partial charge on any atom is 0.231 e. The Labute approximate surface area is 162 Å². The number of aromatic nitrogens is 3. The van der Waals surface area contributed by atoms with Crippen molar-refractivity contribution < 1.29 is 9.18 Å². The lowest BCUT2D eigenvalue weighted by molar-refractivity contribution is -0.117. The van der Waals surface area contributed by atoms with E-state index in [2.05, 4.69) is 20.1 Å². The van der Waals surface area contributed by atoms with Crippen LogP contribution in [-0.4, -0.2) is 40.2 Å². The van der Waals surface area contributed by atoms with Gasteiger partial charge >= 0.3 is 0 Å². The lowest BCUT2D eigenvalue weighted by Crippen LogP contribution is -2.46. The first kappa shape index (κ1) is 16.9. The number of carbonyl (C=O) groups excluding carboxylic acids is 1. The van der Waals surface area contributed by atoms with Gasteiger partial charge in [-0.15, -0.1) is 0 Å². The summed E-state index contributed by atoms with van der Waals surface area (Å²) in [5.74, 6) is 0.451. The highest BCUT2D eigenvalue weighted by molar-refractivity contribution is 6.01. The molecule has 0 radical (unpaired) electrons. The minimum absolute atomic E-state index is 0.169. The van der Waals surface area contributed by atoms with E-state index in [1.165, 1.54) is 12.4 Å². The fourth-order valence-electron chi connectivity index (χ4n) is 4.30. The van der Waals surface area contributed by atoms with Crippen LogP contribution in [0.1, 0.15) is 18.4 Å². The molecule has 0 bridgehead atoms. The number of hydrogen-bond acceptors (Lipinski definition) is 4. The number of anilines is 2. The maximum absolute atomic E-state index is 14.7. The lowest BCUT2D eigenvalue weighted by atomic mass is 10.0. The molecule has 2 aliphatic rings. The Kier molecular flexibility index (Phi) is 4.07. The van der Waals surface area contributed by atoms with Crippen LogP contribution < -0.4 is 9.80 Å². The summed E-state index contributed by atoms with van der Waals surface area (Å²) in [6.45, 7) is 1.43. The minimum atomic E-state index is -0.269. The average molecular weight is 377 g/mol. The smallest absolute Gasteiger partial charge is 0.231 e. The van der Waals surface area contributed by atoms with Gasteiger partial charge < -0.3 is 9.80 Å². The molecule has 0 spiro atoms. The van der Waals surface area contributed by atoms with Crippen molar-refractivity contribution in [3.63, 3.8) is 0 Å². The number of fused-ring (bicyclic) bond motifs is 1. The molecule has 142 valence electrons. The van der Waals surface area contributed by atoms with Gasteiger partial charge in [0.2, 0.25) is 5.91 Å². The number of nitrogens with one attached hydrogen (secondary N) is 1. The summed E-state index contributed by atoms with van der Waals surface area (Å²) in [6, 6.07) is 13.3. The number of benzene rings is 2. The minimum Gasteiger partial charge on any atom is -0.369 e. The number of nitrogens with zero attached hydrogens (tertiary/aromatic N) is 4. The topological polar surface area (TPSA) is 65.1 Å². The summed E-state index contributed by atoms with van der Waals surface area (Å²) >= 11 is 0. The Hall–Kier alpha value is -3.22. The van der Waals surface area contributed by atoms with Gasteiger partial charge in [-0.05, 0) is 42.7 Å². The van der Waals surface area contributed by atoms with Gasteiger partial charge in [0.15, 0.2) is 5.82 Å². The van der Waals surface area contributed by atoms with Crippen molar-refractivity contribution in [1.29, 1.82) is 0 Å². The summed E-state index contributed by atoms with van der Waals surface area (Å²) < 4.78 is 14.7. The van der Waals surface area contributed by atoms with Gasteiger partial charge in [0.25, 0.3) is 0 Å². The van der Waals surface area contributed by atoms with E-state index in [0.717, 1.165) is 37.2 Å². The third-order valence-electron chi connectivity index (χ3n) is 5.67. The number of aromatic amines is 1. The van der Waals surface area contributed by atoms with E-state index >= 15 is 0 Å². The van der Waals surface area contributed by atoms with Crippen LogP contribution in [0.3, 0.4) is 0 Å². The predicted molar refractivity (Wildman–Crippen MR) is 105 cm³/mol. The number of carbonyl (C=O) groups is 1. The molecule has 0 aliphatic carbocycles. The highest BCUT2D eigenvalue weighted by Gasteiger charge is 2.34. The standard InChI is InChI=1S/C21H20FN5O/c22-17-11-15(21-23-13-24-25-21)5-6-19(17)26-9-7-16(8-10-26)27-18-4-2-1-3-14(18)12-20(27)28/h1-6,11,13,16H,7-10,12H2,(H,23,24,25).